The van der Waals surface area contributed by atoms with Crippen molar-refractivity contribution >= 4 is 16.7 Å². The summed E-state index contributed by atoms with van der Waals surface area (Å²) in [5.74, 6) is -2.32. The predicted molar refractivity (Wildman–Crippen MR) is 129 cm³/mol. The number of ether oxygens (including phenoxy) is 1. The second-order valence-corrected chi connectivity index (χ2v) is 8.73. The highest BCUT2D eigenvalue weighted by atomic mass is 19.1. The molecule has 6 heteroatoms. The fraction of sp³-hybridized carbons (Fsp3) is 0.103. The maximum absolute atomic E-state index is 14.5. The largest absolute Gasteiger partial charge is 0.405 e. The molecule has 0 amide bonds. The van der Waals surface area contributed by atoms with Gasteiger partial charge in [0.1, 0.15) is 17.5 Å². The Bertz CT molecular complexity index is 1560. The summed E-state index contributed by atoms with van der Waals surface area (Å²) >= 11 is 0. The minimum absolute atomic E-state index is 0.0201. The van der Waals surface area contributed by atoms with Gasteiger partial charge in [-0.25, -0.2) is 8.78 Å². The number of carbonyl (C=O) groups is 1. The monoisotopic (exact) mass is 466 g/mol. The quantitative estimate of drug-likeness (QED) is 0.311. The third-order valence-corrected chi connectivity index (χ3v) is 6.52. The van der Waals surface area contributed by atoms with E-state index in [2.05, 4.69) is 16.0 Å². The zero-order chi connectivity index (χ0) is 23.9. The van der Waals surface area contributed by atoms with Crippen molar-refractivity contribution in [2.45, 2.75) is 12.3 Å². The average molecular weight is 466 g/mol. The van der Waals surface area contributed by atoms with Gasteiger partial charge in [-0.1, -0.05) is 72.8 Å². The lowest BCUT2D eigenvalue weighted by molar-refractivity contribution is -0.141. The fourth-order valence-corrected chi connectivity index (χ4v) is 4.85. The molecule has 172 valence electrons. The highest BCUT2D eigenvalue weighted by Crippen LogP contribution is 2.43. The number of esters is 1. The molecule has 0 saturated carbocycles. The molecule has 0 fully saturated rings. The summed E-state index contributed by atoms with van der Waals surface area (Å²) in [5, 5.41) is 2.22. The van der Waals surface area contributed by atoms with Gasteiger partial charge in [-0.15, -0.1) is 0 Å². The smallest absolute Gasteiger partial charge is 0.317 e. The number of carbonyl (C=O) groups excluding carboxylic acids is 1. The molecule has 0 saturated heterocycles. The number of nitrogens with zero attached hydrogens (tertiary/aromatic N) is 1. The van der Waals surface area contributed by atoms with Crippen LogP contribution in [0.4, 0.5) is 8.78 Å². The van der Waals surface area contributed by atoms with Crippen LogP contribution in [0.5, 0.6) is 5.88 Å². The number of aromatic amines is 1. The van der Waals surface area contributed by atoms with Crippen LogP contribution >= 0.6 is 0 Å². The zero-order valence-electron chi connectivity index (χ0n) is 18.5. The molecule has 1 aromatic heterocycles. The molecule has 35 heavy (non-hydrogen) atoms. The summed E-state index contributed by atoms with van der Waals surface area (Å²) in [6.45, 7) is 0. The second-order valence-electron chi connectivity index (χ2n) is 8.73. The minimum Gasteiger partial charge on any atom is -0.405 e. The van der Waals surface area contributed by atoms with Gasteiger partial charge in [0.15, 0.2) is 0 Å². The molecular weight excluding hydrogens is 446 g/mol. The first-order valence-corrected chi connectivity index (χ1v) is 11.4. The third-order valence-electron chi connectivity index (χ3n) is 6.52. The standard InChI is InChI=1S/C29H20F2N2O2/c30-21-12-13-24(31)22(16-21)27-32-26-25(19-7-2-1-3-8-19)23(29(34)35-28(26)33-27)15-17-10-11-18-6-4-5-9-20(18)14-17/h1-14,16,23,25H,15H2,(H,32,33)/t23?,25-/m1/s1. The number of fused-ring (bicyclic) bond motifs is 2. The molecule has 0 bridgehead atoms. The number of aromatic nitrogens is 2. The minimum atomic E-state index is -0.618. The van der Waals surface area contributed by atoms with Gasteiger partial charge in [0.2, 0.25) is 5.88 Å². The van der Waals surface area contributed by atoms with Gasteiger partial charge >= 0.3 is 5.97 Å². The highest BCUT2D eigenvalue weighted by molar-refractivity contribution is 5.84. The van der Waals surface area contributed by atoms with Crippen molar-refractivity contribution in [1.29, 1.82) is 0 Å². The zero-order valence-corrected chi connectivity index (χ0v) is 18.5. The van der Waals surface area contributed by atoms with E-state index in [9.17, 15) is 13.6 Å². The number of H-pyrrole nitrogens is 1. The Morgan fingerprint density at radius 2 is 1.63 bits per heavy atom. The molecule has 1 N–H and O–H groups in total. The van der Waals surface area contributed by atoms with Crippen LogP contribution in [0.1, 0.15) is 22.7 Å². The van der Waals surface area contributed by atoms with Crippen molar-refractivity contribution in [3.05, 3.63) is 119 Å². The van der Waals surface area contributed by atoms with Crippen molar-refractivity contribution in [3.8, 4) is 17.3 Å². The van der Waals surface area contributed by atoms with Crippen LogP contribution < -0.4 is 4.74 Å². The van der Waals surface area contributed by atoms with E-state index in [4.69, 9.17) is 4.74 Å². The molecular formula is C29H20F2N2O2. The van der Waals surface area contributed by atoms with E-state index in [1.165, 1.54) is 0 Å². The van der Waals surface area contributed by atoms with Crippen LogP contribution in [0.3, 0.4) is 0 Å². The summed E-state index contributed by atoms with van der Waals surface area (Å²) in [6.07, 6.45) is 0.450. The Labute approximate surface area is 200 Å². The van der Waals surface area contributed by atoms with Gasteiger partial charge in [-0.3, -0.25) is 4.79 Å². The van der Waals surface area contributed by atoms with Crippen LogP contribution in [0, 0.1) is 17.6 Å². The first-order valence-electron chi connectivity index (χ1n) is 11.4. The number of benzene rings is 4. The van der Waals surface area contributed by atoms with Crippen molar-refractivity contribution in [2.75, 3.05) is 0 Å². The summed E-state index contributed by atoms with van der Waals surface area (Å²) in [6, 6.07) is 27.0. The van der Waals surface area contributed by atoms with Crippen molar-refractivity contribution in [3.63, 3.8) is 0 Å². The first kappa shape index (κ1) is 21.2. The van der Waals surface area contributed by atoms with Crippen LogP contribution in [0.25, 0.3) is 22.2 Å². The van der Waals surface area contributed by atoms with Crippen LogP contribution in [0.15, 0.2) is 91.0 Å². The first-order chi connectivity index (χ1) is 17.1. The SMILES string of the molecule is O=C1Oc2nc(-c3cc(F)ccc3F)[nH]c2[C@H](c2ccccc2)C1Cc1ccc2ccccc2c1. The molecule has 1 unspecified atom stereocenters. The van der Waals surface area contributed by atoms with Crippen LogP contribution in [-0.4, -0.2) is 15.9 Å². The summed E-state index contributed by atoms with van der Waals surface area (Å²) in [4.78, 5) is 20.7. The van der Waals surface area contributed by atoms with Gasteiger partial charge in [-0.2, -0.15) is 4.98 Å². The molecule has 5 aromatic rings. The number of nitrogens with one attached hydrogen (secondary N) is 1. The third kappa shape index (κ3) is 3.87. The average Bonchev–Trinajstić information content (AvgIpc) is 3.29. The van der Waals surface area contributed by atoms with Crippen molar-refractivity contribution in [2.24, 2.45) is 5.92 Å². The number of rotatable bonds is 4. The van der Waals surface area contributed by atoms with Gasteiger partial charge in [0, 0.05) is 5.92 Å². The number of imidazole rings is 1. The topological polar surface area (TPSA) is 55.0 Å². The van der Waals surface area contributed by atoms with Crippen LogP contribution in [0.2, 0.25) is 0 Å². The van der Waals surface area contributed by atoms with E-state index < -0.39 is 29.4 Å². The Morgan fingerprint density at radius 3 is 2.46 bits per heavy atom. The summed E-state index contributed by atoms with van der Waals surface area (Å²) in [5.41, 5.74) is 2.46. The molecule has 1 aliphatic rings. The molecule has 4 nitrogen and oxygen atoms in total. The normalized spacial score (nSPS) is 17.3. The van der Waals surface area contributed by atoms with Crippen LogP contribution in [-0.2, 0) is 11.2 Å². The fourth-order valence-electron chi connectivity index (χ4n) is 4.85. The molecule has 1 aliphatic heterocycles. The maximum Gasteiger partial charge on any atom is 0.317 e. The van der Waals surface area contributed by atoms with Crippen molar-refractivity contribution in [1.82, 2.24) is 9.97 Å². The highest BCUT2D eigenvalue weighted by Gasteiger charge is 2.41. The molecule has 2 atom stereocenters. The Hall–Kier alpha value is -4.32. The van der Waals surface area contributed by atoms with E-state index in [1.54, 1.807) is 0 Å². The molecule has 0 radical (unpaired) electrons. The Kier molecular flexibility index (Phi) is 5.14. The lowest BCUT2D eigenvalue weighted by Crippen LogP contribution is -2.34. The van der Waals surface area contributed by atoms with E-state index in [-0.39, 0.29) is 17.3 Å². The lowest BCUT2D eigenvalue weighted by Gasteiger charge is -2.29. The van der Waals surface area contributed by atoms with E-state index >= 15 is 0 Å². The molecule has 0 aliphatic carbocycles. The van der Waals surface area contributed by atoms with E-state index in [1.807, 2.05) is 66.7 Å². The summed E-state index contributed by atoms with van der Waals surface area (Å²) < 4.78 is 33.9. The lowest BCUT2D eigenvalue weighted by atomic mass is 9.79. The number of hydrogen-bond acceptors (Lipinski definition) is 3. The Balaban J connectivity index is 1.45. The van der Waals surface area contributed by atoms with E-state index in [0.717, 1.165) is 40.1 Å². The maximum atomic E-state index is 14.5. The summed E-state index contributed by atoms with van der Waals surface area (Å²) in [7, 11) is 0. The van der Waals surface area contributed by atoms with Gasteiger partial charge in [0.25, 0.3) is 0 Å². The molecule has 2 heterocycles. The van der Waals surface area contributed by atoms with Crippen molar-refractivity contribution < 1.29 is 18.3 Å². The molecule has 4 aromatic carbocycles. The molecule has 6 rings (SSSR count). The number of halogens is 2. The van der Waals surface area contributed by atoms with Gasteiger partial charge in [0.05, 0.1) is 17.2 Å². The van der Waals surface area contributed by atoms with Gasteiger partial charge < -0.3 is 9.72 Å². The van der Waals surface area contributed by atoms with E-state index in [0.29, 0.717) is 12.1 Å². The second kappa shape index (κ2) is 8.47. The van der Waals surface area contributed by atoms with Gasteiger partial charge in [-0.05, 0) is 46.5 Å². The predicted octanol–water partition coefficient (Wildman–Crippen LogP) is 6.42. The number of hydrogen-bond donors (Lipinski definition) is 1. The Morgan fingerprint density at radius 1 is 0.857 bits per heavy atom. The molecule has 0 spiro atoms.